The highest BCUT2D eigenvalue weighted by atomic mass is 32.2. The molecule has 7 aliphatic rings. The van der Waals surface area contributed by atoms with Crippen molar-refractivity contribution in [3.8, 4) is 28.7 Å². The quantitative estimate of drug-likeness (QED) is 0.140. The lowest BCUT2D eigenvalue weighted by atomic mass is 9.73. The molecule has 0 saturated carbocycles. The molecule has 4 bridgehead atoms. The lowest BCUT2D eigenvalue weighted by Crippen LogP contribution is -2.69. The summed E-state index contributed by atoms with van der Waals surface area (Å²) in [6.45, 7) is 9.97. The summed E-state index contributed by atoms with van der Waals surface area (Å²) in [5, 5.41) is 17.1. The molecule has 1 spiro atoms. The fourth-order valence-electron chi connectivity index (χ4n) is 10.9. The fraction of sp³-hybridized carbons (Fsp3) is 0.455. The number of likely N-dealkylation sites (N-methyl/N-ethyl adjacent to an activating group) is 1. The van der Waals surface area contributed by atoms with Crippen molar-refractivity contribution in [1.29, 1.82) is 0 Å². The number of ether oxygens (including phenoxy) is 6. The standard InChI is InChI=1S/C44H48N4O9S/c1-7-14-54-39-31-24(15-21(2)36(39)52-6)16-28-43(51)48-29-17-53-18-30(50)44(42-26(12-13-45-44)25-10-8-9-11-27(25)46-42)19-58-41(35(48)34(31)47(28)5)33-32(29)40-38(55-20-56-40)22(3)37(33)57-23(4)49/h7-11,15,28-29,34-35,41,43,45-46,51H,1,12-14,16-20H2,2-6H3/t28-,29+,34+,35?,41+,43-,44-/m0/s1. The Morgan fingerprint density at radius 1 is 1.14 bits per heavy atom. The maximum atomic E-state index is 14.9. The molecular formula is C44H48N4O9S. The summed E-state index contributed by atoms with van der Waals surface area (Å²) in [6, 6.07) is 8.58. The summed E-state index contributed by atoms with van der Waals surface area (Å²) in [7, 11) is 3.72. The molecule has 58 heavy (non-hydrogen) atoms. The van der Waals surface area contributed by atoms with E-state index in [2.05, 4.69) is 45.9 Å². The second kappa shape index (κ2) is 14.0. The van der Waals surface area contributed by atoms with Gasteiger partial charge in [0.2, 0.25) is 6.79 Å². The Hall–Kier alpha value is -4.57. The van der Waals surface area contributed by atoms with Gasteiger partial charge in [-0.05, 0) is 56.5 Å². The van der Waals surface area contributed by atoms with E-state index in [0.717, 1.165) is 56.4 Å². The van der Waals surface area contributed by atoms with Crippen LogP contribution >= 0.6 is 11.8 Å². The Morgan fingerprint density at radius 3 is 2.74 bits per heavy atom. The van der Waals surface area contributed by atoms with Crippen LogP contribution in [0, 0.1) is 13.8 Å². The smallest absolute Gasteiger partial charge is 0.308 e. The van der Waals surface area contributed by atoms with Crippen LogP contribution in [0.5, 0.6) is 28.7 Å². The van der Waals surface area contributed by atoms with Crippen LogP contribution in [0.3, 0.4) is 0 Å². The predicted molar refractivity (Wildman–Crippen MR) is 217 cm³/mol. The highest BCUT2D eigenvalue weighted by molar-refractivity contribution is 7.99. The number of Topliss-reactive ketones (excluding diaryl/α,β-unsaturated/α-hetero) is 1. The van der Waals surface area contributed by atoms with Crippen LogP contribution in [0.1, 0.15) is 68.9 Å². The number of benzene rings is 3. The Bertz CT molecular complexity index is 2400. The van der Waals surface area contributed by atoms with E-state index in [1.54, 1.807) is 24.9 Å². The minimum Gasteiger partial charge on any atom is -0.493 e. The zero-order chi connectivity index (χ0) is 40.2. The topological polar surface area (TPSA) is 144 Å². The van der Waals surface area contributed by atoms with Crippen molar-refractivity contribution in [3.05, 3.63) is 87.6 Å². The van der Waals surface area contributed by atoms with Gasteiger partial charge in [-0.25, -0.2) is 0 Å². The first-order chi connectivity index (χ1) is 28.1. The molecule has 1 unspecified atom stereocenters. The average Bonchev–Trinajstić information content (AvgIpc) is 3.85. The number of carbonyl (C=O) groups is 2. The number of aliphatic hydroxyl groups is 1. The van der Waals surface area contributed by atoms with Crippen molar-refractivity contribution in [2.24, 2.45) is 0 Å². The number of fused-ring (bicyclic) bond motifs is 12. The number of ketones is 1. The number of thioether (sulfide) groups is 1. The van der Waals surface area contributed by atoms with Gasteiger partial charge in [0, 0.05) is 64.1 Å². The van der Waals surface area contributed by atoms with E-state index in [0.29, 0.717) is 53.0 Å². The maximum absolute atomic E-state index is 14.9. The zero-order valence-corrected chi connectivity index (χ0v) is 34.1. The van der Waals surface area contributed by atoms with E-state index in [9.17, 15) is 14.7 Å². The molecule has 7 aliphatic heterocycles. The molecule has 2 fully saturated rings. The van der Waals surface area contributed by atoms with E-state index in [4.69, 9.17) is 28.4 Å². The number of aromatic nitrogens is 1. The molecule has 0 radical (unpaired) electrons. The Balaban J connectivity index is 1.25. The number of nitrogens with zero attached hydrogens (tertiary/aromatic N) is 2. The predicted octanol–water partition coefficient (Wildman–Crippen LogP) is 5.08. The number of para-hydroxylation sites is 1. The molecule has 4 aromatic rings. The van der Waals surface area contributed by atoms with Gasteiger partial charge < -0.3 is 38.5 Å². The number of piperazine rings is 1. The number of H-pyrrole nitrogens is 1. The van der Waals surface area contributed by atoms with E-state index >= 15 is 0 Å². The number of aliphatic hydroxyl groups excluding tert-OH is 1. The van der Waals surface area contributed by atoms with Crippen molar-refractivity contribution < 1.29 is 43.1 Å². The third kappa shape index (κ3) is 5.28. The molecule has 8 heterocycles. The summed E-state index contributed by atoms with van der Waals surface area (Å²) in [5.74, 6) is 2.47. The van der Waals surface area contributed by atoms with Crippen molar-refractivity contribution in [2.45, 2.75) is 74.8 Å². The van der Waals surface area contributed by atoms with E-state index in [1.165, 1.54) is 6.92 Å². The summed E-state index contributed by atoms with van der Waals surface area (Å²) in [5.41, 5.74) is 6.93. The highest BCUT2D eigenvalue weighted by Gasteiger charge is 2.61. The second-order valence-corrected chi connectivity index (χ2v) is 17.3. The molecule has 13 nitrogen and oxygen atoms in total. The number of carbonyl (C=O) groups excluding carboxylic acids is 2. The molecule has 0 amide bonds. The molecule has 7 atom stereocenters. The summed E-state index contributed by atoms with van der Waals surface area (Å²) in [4.78, 5) is 36.1. The average molecular weight is 809 g/mol. The summed E-state index contributed by atoms with van der Waals surface area (Å²) < 4.78 is 37.9. The summed E-state index contributed by atoms with van der Waals surface area (Å²) in [6.07, 6.45) is 2.08. The van der Waals surface area contributed by atoms with Crippen molar-refractivity contribution in [1.82, 2.24) is 20.1 Å². The number of esters is 1. The van der Waals surface area contributed by atoms with Crippen LogP contribution in [-0.4, -0.2) is 103 Å². The van der Waals surface area contributed by atoms with Crippen LogP contribution in [0.4, 0.5) is 0 Å². The molecule has 3 aromatic carbocycles. The minimum absolute atomic E-state index is 0.0112. The molecule has 14 heteroatoms. The molecule has 0 aliphatic carbocycles. The number of hydrogen-bond acceptors (Lipinski definition) is 13. The lowest BCUT2D eigenvalue weighted by Gasteiger charge is -2.62. The normalized spacial score (nSPS) is 28.6. The van der Waals surface area contributed by atoms with Gasteiger partial charge in [-0.15, -0.1) is 11.8 Å². The first-order valence-corrected chi connectivity index (χ1v) is 21.0. The van der Waals surface area contributed by atoms with E-state index in [1.807, 2.05) is 32.0 Å². The number of rotatable bonds is 5. The minimum atomic E-state index is -1.14. The van der Waals surface area contributed by atoms with Crippen LogP contribution < -0.4 is 29.0 Å². The van der Waals surface area contributed by atoms with Crippen LogP contribution in [0.25, 0.3) is 10.9 Å². The van der Waals surface area contributed by atoms with Gasteiger partial charge in [0.05, 0.1) is 37.1 Å². The number of methoxy groups -OCH3 is 1. The molecule has 2 saturated heterocycles. The Morgan fingerprint density at radius 2 is 1.95 bits per heavy atom. The van der Waals surface area contributed by atoms with Gasteiger partial charge in [-0.2, -0.15) is 0 Å². The molecular weight excluding hydrogens is 761 g/mol. The molecule has 1 aromatic heterocycles. The third-order valence-corrected chi connectivity index (χ3v) is 14.7. The Labute approximate surface area is 340 Å². The number of nitrogens with one attached hydrogen (secondary N) is 2. The van der Waals surface area contributed by atoms with Gasteiger partial charge >= 0.3 is 5.97 Å². The first kappa shape index (κ1) is 37.7. The van der Waals surface area contributed by atoms with Gasteiger partial charge in [0.1, 0.15) is 30.7 Å². The number of aryl methyl sites for hydroxylation is 1. The fourth-order valence-corrected chi connectivity index (χ4v) is 12.6. The lowest BCUT2D eigenvalue weighted by molar-refractivity contribution is -0.181. The van der Waals surface area contributed by atoms with Crippen molar-refractivity contribution in [3.63, 3.8) is 0 Å². The first-order valence-electron chi connectivity index (χ1n) is 19.9. The van der Waals surface area contributed by atoms with Crippen LogP contribution in [0.15, 0.2) is 43.0 Å². The van der Waals surface area contributed by atoms with Crippen LogP contribution in [0.2, 0.25) is 0 Å². The van der Waals surface area contributed by atoms with Gasteiger partial charge in [0.15, 0.2) is 28.8 Å². The van der Waals surface area contributed by atoms with Gasteiger partial charge in [0.25, 0.3) is 0 Å². The SMILES string of the molecule is C=CCOc1c(OC)c(C)cc2c1[C@@H]1C3[C@@H]4SC[C@]5(NCCc6c5[nH]c5ccccc65)C(=O)COC[C@H](c5c6c(c(C)c(OC(C)=O)c54)OCO6)N3[C@@H](O)[C@H](C2)N1C. The number of hydrogen-bond donors (Lipinski definition) is 3. The van der Waals surface area contributed by atoms with E-state index < -0.39 is 35.1 Å². The van der Waals surface area contributed by atoms with Crippen molar-refractivity contribution in [2.75, 3.05) is 53.1 Å². The largest absolute Gasteiger partial charge is 0.493 e. The Kier molecular flexibility index (Phi) is 9.11. The maximum Gasteiger partial charge on any atom is 0.308 e. The van der Waals surface area contributed by atoms with Crippen molar-refractivity contribution >= 4 is 34.4 Å². The molecule has 3 N–H and O–H groups in total. The summed E-state index contributed by atoms with van der Waals surface area (Å²) >= 11 is 1.62. The third-order valence-electron chi connectivity index (χ3n) is 13.2. The molecule has 304 valence electrons. The number of aromatic amines is 1. The highest BCUT2D eigenvalue weighted by Crippen LogP contribution is 2.64. The monoisotopic (exact) mass is 808 g/mol. The van der Waals surface area contributed by atoms with E-state index in [-0.39, 0.29) is 44.5 Å². The molecule has 11 rings (SSSR count). The van der Waals surface area contributed by atoms with Crippen LogP contribution in [-0.2, 0) is 32.7 Å². The zero-order valence-electron chi connectivity index (χ0n) is 33.3. The van der Waals surface area contributed by atoms with Gasteiger partial charge in [-0.1, -0.05) is 36.9 Å². The van der Waals surface area contributed by atoms with Gasteiger partial charge in [-0.3, -0.25) is 24.7 Å². The second-order valence-electron chi connectivity index (χ2n) is 16.2.